The van der Waals surface area contributed by atoms with Crippen LogP contribution in [0.3, 0.4) is 0 Å². The minimum absolute atomic E-state index is 0.0862. The van der Waals surface area contributed by atoms with E-state index in [0.29, 0.717) is 6.42 Å². The fraction of sp³-hybridized carbons (Fsp3) is 0.591. The molecular weight excluding hydrogens is 425 g/mol. The maximum Gasteiger partial charge on any atom is 0.416 e. The first-order valence-corrected chi connectivity index (χ1v) is 10.8. The molecule has 0 amide bonds. The van der Waals surface area contributed by atoms with Crippen molar-refractivity contribution < 1.29 is 27.8 Å². The van der Waals surface area contributed by atoms with E-state index in [1.54, 1.807) is 11.0 Å². The zero-order valence-corrected chi connectivity index (χ0v) is 17.8. The van der Waals surface area contributed by atoms with Gasteiger partial charge in [-0.3, -0.25) is 9.58 Å². The maximum atomic E-state index is 12.9. The van der Waals surface area contributed by atoms with Gasteiger partial charge in [-0.25, -0.2) is 9.78 Å². The Morgan fingerprint density at radius 2 is 1.88 bits per heavy atom. The molecule has 1 aromatic heterocycles. The lowest BCUT2D eigenvalue weighted by molar-refractivity contribution is -0.162. The number of halogens is 3. The molecule has 1 N–H and O–H groups in total. The Morgan fingerprint density at radius 1 is 1.19 bits per heavy atom. The molecule has 2 fully saturated rings. The summed E-state index contributed by atoms with van der Waals surface area (Å²) in [6.45, 7) is 0.511. The lowest BCUT2D eigenvalue weighted by atomic mass is 9.83. The molecule has 0 radical (unpaired) electrons. The highest BCUT2D eigenvalue weighted by Gasteiger charge is 2.38. The van der Waals surface area contributed by atoms with Crippen molar-refractivity contribution in [3.8, 4) is 0 Å². The molecule has 1 aliphatic heterocycles. The van der Waals surface area contributed by atoms with Gasteiger partial charge in [0.2, 0.25) is 0 Å². The predicted molar refractivity (Wildman–Crippen MR) is 109 cm³/mol. The zero-order chi connectivity index (χ0) is 22.9. The molecule has 0 bridgehead atoms. The summed E-state index contributed by atoms with van der Waals surface area (Å²) in [5, 5.41) is 13.9. The summed E-state index contributed by atoms with van der Waals surface area (Å²) >= 11 is 0. The van der Waals surface area contributed by atoms with Crippen molar-refractivity contribution in [2.45, 2.75) is 62.4 Å². The minimum atomic E-state index is -4.37. The van der Waals surface area contributed by atoms with Crippen LogP contribution in [0.5, 0.6) is 0 Å². The lowest BCUT2D eigenvalue weighted by Gasteiger charge is -2.45. The Balaban J connectivity index is 1.44. The van der Waals surface area contributed by atoms with Crippen molar-refractivity contribution in [3.05, 3.63) is 47.5 Å². The van der Waals surface area contributed by atoms with Gasteiger partial charge >= 0.3 is 12.1 Å². The molecule has 1 aliphatic carbocycles. The van der Waals surface area contributed by atoms with Crippen molar-refractivity contribution in [2.75, 3.05) is 13.2 Å². The number of aryl methyl sites for hydroxylation is 1. The topological polar surface area (TPSA) is 80.5 Å². The summed E-state index contributed by atoms with van der Waals surface area (Å²) in [4.78, 5) is 18.1. The van der Waals surface area contributed by atoms with Gasteiger partial charge in [-0.1, -0.05) is 12.1 Å². The van der Waals surface area contributed by atoms with E-state index in [-0.39, 0.29) is 31.2 Å². The number of carbonyl (C=O) groups is 1. The van der Waals surface area contributed by atoms with E-state index in [9.17, 15) is 23.1 Å². The summed E-state index contributed by atoms with van der Waals surface area (Å²) in [5.74, 6) is 0.143. The maximum absolute atomic E-state index is 12.9. The van der Waals surface area contributed by atoms with E-state index in [2.05, 4.69) is 15.0 Å². The zero-order valence-electron chi connectivity index (χ0n) is 17.8. The monoisotopic (exact) mass is 452 g/mol. The number of morpholine rings is 1. The lowest BCUT2D eigenvalue weighted by Crippen LogP contribution is -2.57. The minimum Gasteiger partial charge on any atom is -0.479 e. The molecule has 1 saturated carbocycles. The Bertz CT molecular complexity index is 923. The molecule has 2 atom stereocenters. The summed E-state index contributed by atoms with van der Waals surface area (Å²) < 4.78 is 45.9. The normalized spacial score (nSPS) is 27.4. The second-order valence-electron chi connectivity index (χ2n) is 8.69. The predicted octanol–water partition coefficient (Wildman–Crippen LogP) is 3.26. The van der Waals surface area contributed by atoms with Gasteiger partial charge in [0.1, 0.15) is 6.33 Å². The van der Waals surface area contributed by atoms with E-state index in [1.807, 2.05) is 7.05 Å². The molecule has 2 aliphatic rings. The molecule has 7 nitrogen and oxygen atoms in total. The van der Waals surface area contributed by atoms with Gasteiger partial charge in [0.25, 0.3) is 0 Å². The van der Waals surface area contributed by atoms with Crippen molar-refractivity contribution in [1.29, 1.82) is 0 Å². The van der Waals surface area contributed by atoms with Crippen LogP contribution in [0.1, 0.15) is 48.6 Å². The number of aliphatic carboxylic acids is 1. The molecule has 174 valence electrons. The van der Waals surface area contributed by atoms with Crippen LogP contribution in [-0.4, -0.2) is 62.1 Å². The average molecular weight is 452 g/mol. The third kappa shape index (κ3) is 5.12. The number of hydrogen-bond acceptors (Lipinski definition) is 5. The summed E-state index contributed by atoms with van der Waals surface area (Å²) in [5.41, 5.74) is 0.0992. The molecule has 1 saturated heterocycles. The first-order valence-electron chi connectivity index (χ1n) is 10.8. The number of carboxylic acid groups (broad SMARTS) is 1. The molecule has 10 heteroatoms. The van der Waals surface area contributed by atoms with Crippen LogP contribution in [0, 0.1) is 0 Å². The fourth-order valence-corrected chi connectivity index (χ4v) is 4.80. The second-order valence-corrected chi connectivity index (χ2v) is 8.69. The van der Waals surface area contributed by atoms with Crippen LogP contribution in [0.25, 0.3) is 0 Å². The SMILES string of the molecule is Cn1cnc(C2CCC(N3C[C@H](C(=O)O)OC[C@@H]3Cc3ccc(C(F)(F)F)cc3)CC2)n1. The van der Waals surface area contributed by atoms with Gasteiger partial charge in [-0.05, 0) is 49.8 Å². The molecule has 2 aromatic rings. The van der Waals surface area contributed by atoms with Crippen LogP contribution in [0.15, 0.2) is 30.6 Å². The number of benzene rings is 1. The molecular formula is C22H27F3N4O3. The first-order chi connectivity index (χ1) is 15.2. The summed E-state index contributed by atoms with van der Waals surface area (Å²) in [6, 6.07) is 5.28. The van der Waals surface area contributed by atoms with Crippen LogP contribution >= 0.6 is 0 Å². The van der Waals surface area contributed by atoms with Crippen LogP contribution < -0.4 is 0 Å². The second kappa shape index (κ2) is 9.19. The van der Waals surface area contributed by atoms with Gasteiger partial charge in [0, 0.05) is 31.6 Å². The third-order valence-corrected chi connectivity index (χ3v) is 6.51. The summed E-state index contributed by atoms with van der Waals surface area (Å²) in [7, 11) is 1.84. The average Bonchev–Trinajstić information content (AvgIpc) is 3.20. The highest BCUT2D eigenvalue weighted by Crippen LogP contribution is 2.35. The standard InChI is InChI=1S/C22H27F3N4O3/c1-28-13-26-20(27-28)15-4-8-17(9-5-15)29-11-19(21(30)31)32-12-18(29)10-14-2-6-16(7-3-14)22(23,24)25/h2-3,6-7,13,15,17-19H,4-5,8-12H2,1H3,(H,30,31)/t15?,17?,18-,19+/m0/s1. The largest absolute Gasteiger partial charge is 0.479 e. The van der Waals surface area contributed by atoms with Crippen LogP contribution in [0.2, 0.25) is 0 Å². The number of hydrogen-bond donors (Lipinski definition) is 1. The Kier molecular flexibility index (Phi) is 6.52. The molecule has 2 heterocycles. The van der Waals surface area contributed by atoms with Crippen molar-refractivity contribution in [3.63, 3.8) is 0 Å². The van der Waals surface area contributed by atoms with Gasteiger partial charge in [-0.15, -0.1) is 0 Å². The highest BCUT2D eigenvalue weighted by atomic mass is 19.4. The number of alkyl halides is 3. The Labute approximate surface area is 184 Å². The van der Waals surface area contributed by atoms with Gasteiger partial charge in [0.15, 0.2) is 11.9 Å². The first kappa shape index (κ1) is 22.7. The van der Waals surface area contributed by atoms with E-state index in [4.69, 9.17) is 4.74 Å². The van der Waals surface area contributed by atoms with Crippen molar-refractivity contribution in [2.24, 2.45) is 7.05 Å². The molecule has 4 rings (SSSR count). The molecule has 1 aromatic carbocycles. The summed E-state index contributed by atoms with van der Waals surface area (Å²) in [6.07, 6.45) is 0.543. The van der Waals surface area contributed by atoms with Crippen LogP contribution in [0.4, 0.5) is 13.2 Å². The number of rotatable bonds is 5. The van der Waals surface area contributed by atoms with Gasteiger partial charge in [-0.2, -0.15) is 18.3 Å². The molecule has 0 spiro atoms. The molecule has 0 unspecified atom stereocenters. The smallest absolute Gasteiger partial charge is 0.416 e. The number of ether oxygens (including phenoxy) is 1. The van der Waals surface area contributed by atoms with Gasteiger partial charge < -0.3 is 9.84 Å². The number of nitrogens with zero attached hydrogens (tertiary/aromatic N) is 4. The van der Waals surface area contributed by atoms with Gasteiger partial charge in [0.05, 0.1) is 12.2 Å². The Hall–Kier alpha value is -2.46. The van der Waals surface area contributed by atoms with E-state index in [0.717, 1.165) is 49.2 Å². The molecule has 32 heavy (non-hydrogen) atoms. The number of aromatic nitrogens is 3. The Morgan fingerprint density at radius 3 is 2.44 bits per heavy atom. The third-order valence-electron chi connectivity index (χ3n) is 6.51. The van der Waals surface area contributed by atoms with Crippen molar-refractivity contribution in [1.82, 2.24) is 19.7 Å². The van der Waals surface area contributed by atoms with E-state index < -0.39 is 23.8 Å². The number of carboxylic acids is 1. The van der Waals surface area contributed by atoms with Crippen molar-refractivity contribution >= 4 is 5.97 Å². The quantitative estimate of drug-likeness (QED) is 0.750. The van der Waals surface area contributed by atoms with Crippen LogP contribution in [-0.2, 0) is 29.2 Å². The highest BCUT2D eigenvalue weighted by molar-refractivity contribution is 5.72. The van der Waals surface area contributed by atoms with E-state index in [1.165, 1.54) is 12.1 Å². The fourth-order valence-electron chi connectivity index (χ4n) is 4.80. The van der Waals surface area contributed by atoms with E-state index >= 15 is 0 Å².